The number of hydrogen-bond donors (Lipinski definition) is 0. The maximum absolute atomic E-state index is 13.8. The fourth-order valence-electron chi connectivity index (χ4n) is 4.17. The zero-order valence-corrected chi connectivity index (χ0v) is 21.6. The average Bonchev–Trinajstić information content (AvgIpc) is 2.91. The van der Waals surface area contributed by atoms with E-state index in [1.54, 1.807) is 35.2 Å². The van der Waals surface area contributed by atoms with Crippen molar-refractivity contribution in [1.82, 2.24) is 4.90 Å². The van der Waals surface area contributed by atoms with Crippen LogP contribution in [0, 0.1) is 11.6 Å². The Morgan fingerprint density at radius 3 is 2.03 bits per heavy atom. The molecule has 1 unspecified atom stereocenters. The molecule has 0 N–H and O–H groups in total. The smallest absolute Gasteiger partial charge is 0.339 e. The number of hydrogen-bond acceptors (Lipinski definition) is 4. The van der Waals surface area contributed by atoms with Crippen LogP contribution in [-0.2, 0) is 28.0 Å². The Morgan fingerprint density at radius 2 is 1.39 bits per heavy atom. The van der Waals surface area contributed by atoms with E-state index >= 15 is 0 Å². The van der Waals surface area contributed by atoms with E-state index in [1.165, 1.54) is 18.2 Å². The molecule has 0 saturated carbocycles. The number of carbonyl (C=O) groups excluding carboxylic acids is 1. The molecular formula is C30H27F2NO4S. The highest BCUT2D eigenvalue weighted by Gasteiger charge is 2.25. The Balaban J connectivity index is 1.60. The molecule has 1 amide bonds. The van der Waals surface area contributed by atoms with Crippen LogP contribution in [0.3, 0.4) is 0 Å². The largest absolute Gasteiger partial charge is 0.379 e. The highest BCUT2D eigenvalue weighted by molar-refractivity contribution is 7.87. The molecule has 0 aliphatic heterocycles. The molecule has 0 saturated heterocycles. The quantitative estimate of drug-likeness (QED) is 0.219. The molecule has 8 heteroatoms. The van der Waals surface area contributed by atoms with Crippen LogP contribution in [0.25, 0.3) is 0 Å². The van der Waals surface area contributed by atoms with Crippen molar-refractivity contribution in [2.75, 3.05) is 0 Å². The second kappa shape index (κ2) is 12.0. The molecular weight excluding hydrogens is 508 g/mol. The molecule has 0 aliphatic carbocycles. The van der Waals surface area contributed by atoms with E-state index in [0.717, 1.165) is 35.4 Å². The topological polar surface area (TPSA) is 63.7 Å². The van der Waals surface area contributed by atoms with Crippen LogP contribution >= 0.6 is 0 Å². The fraction of sp³-hybridized carbons (Fsp3) is 0.167. The number of benzene rings is 4. The lowest BCUT2D eigenvalue weighted by Crippen LogP contribution is -2.34. The summed E-state index contributed by atoms with van der Waals surface area (Å²) in [4.78, 5) is 15.3. The third-order valence-electron chi connectivity index (χ3n) is 6.09. The molecule has 5 nitrogen and oxygen atoms in total. The minimum Gasteiger partial charge on any atom is -0.379 e. The van der Waals surface area contributed by atoms with Gasteiger partial charge in [0.25, 0.3) is 0 Å². The summed E-state index contributed by atoms with van der Waals surface area (Å²) in [7, 11) is -4.18. The van der Waals surface area contributed by atoms with Gasteiger partial charge in [-0.25, -0.2) is 8.78 Å². The lowest BCUT2D eigenvalue weighted by atomic mass is 9.94. The van der Waals surface area contributed by atoms with Gasteiger partial charge in [-0.3, -0.25) is 4.79 Å². The van der Waals surface area contributed by atoms with Gasteiger partial charge in [-0.1, -0.05) is 61.5 Å². The molecule has 1 atom stereocenters. The average molecular weight is 536 g/mol. The zero-order chi connectivity index (χ0) is 27.1. The number of carbonyl (C=O) groups is 1. The first-order chi connectivity index (χ1) is 18.2. The van der Waals surface area contributed by atoms with E-state index in [0.29, 0.717) is 12.0 Å². The van der Waals surface area contributed by atoms with Gasteiger partial charge in [0.1, 0.15) is 22.3 Å². The monoisotopic (exact) mass is 535 g/mol. The van der Waals surface area contributed by atoms with Crippen LogP contribution in [-0.4, -0.2) is 19.2 Å². The van der Waals surface area contributed by atoms with Crippen LogP contribution in [0.2, 0.25) is 0 Å². The number of amides is 1. The van der Waals surface area contributed by atoms with Crippen molar-refractivity contribution in [3.8, 4) is 5.75 Å². The van der Waals surface area contributed by atoms with Crippen LogP contribution in [0.15, 0.2) is 108 Å². The summed E-state index contributed by atoms with van der Waals surface area (Å²) in [6, 6.07) is 26.3. The zero-order valence-electron chi connectivity index (χ0n) is 20.8. The van der Waals surface area contributed by atoms with Gasteiger partial charge in [-0.05, 0) is 71.6 Å². The minimum absolute atomic E-state index is 0.0658. The Hall–Kier alpha value is -4.04. The van der Waals surface area contributed by atoms with Crippen molar-refractivity contribution in [3.63, 3.8) is 0 Å². The fourth-order valence-corrected chi connectivity index (χ4v) is 5.10. The van der Waals surface area contributed by atoms with Crippen LogP contribution in [0.5, 0.6) is 5.75 Å². The van der Waals surface area contributed by atoms with Crippen LogP contribution in [0.4, 0.5) is 8.78 Å². The standard InChI is InChI=1S/C30H27F2NO4S/c1-2-29(24-8-4-3-5-9-24)30(34)33(20-22-11-13-25(31)14-12-22)21-23-7-6-10-27(19-23)37-38(35,36)28-17-15-26(32)16-18-28/h3-19,29H,2,20-21H2,1H3. The summed E-state index contributed by atoms with van der Waals surface area (Å²) in [6.45, 7) is 2.36. The Morgan fingerprint density at radius 1 is 0.789 bits per heavy atom. The minimum atomic E-state index is -4.18. The van der Waals surface area contributed by atoms with Crippen molar-refractivity contribution < 1.29 is 26.2 Å². The normalized spacial score (nSPS) is 12.1. The lowest BCUT2D eigenvalue weighted by molar-refractivity contribution is -0.134. The molecule has 4 rings (SSSR count). The summed E-state index contributed by atoms with van der Waals surface area (Å²) < 4.78 is 57.3. The molecule has 38 heavy (non-hydrogen) atoms. The molecule has 0 fully saturated rings. The van der Waals surface area contributed by atoms with Crippen molar-refractivity contribution in [2.24, 2.45) is 0 Å². The van der Waals surface area contributed by atoms with Gasteiger partial charge in [0.2, 0.25) is 5.91 Å². The lowest BCUT2D eigenvalue weighted by Gasteiger charge is -2.28. The van der Waals surface area contributed by atoms with E-state index in [4.69, 9.17) is 4.18 Å². The molecule has 0 aromatic heterocycles. The van der Waals surface area contributed by atoms with Gasteiger partial charge < -0.3 is 9.08 Å². The predicted molar refractivity (Wildman–Crippen MR) is 141 cm³/mol. The van der Waals surface area contributed by atoms with E-state index < -0.39 is 15.9 Å². The number of nitrogens with zero attached hydrogens (tertiary/aromatic N) is 1. The summed E-state index contributed by atoms with van der Waals surface area (Å²) >= 11 is 0. The Kier molecular flexibility index (Phi) is 8.53. The molecule has 0 bridgehead atoms. The molecule has 4 aromatic rings. The molecule has 0 spiro atoms. The first-order valence-corrected chi connectivity index (χ1v) is 13.5. The van der Waals surface area contributed by atoms with Gasteiger partial charge in [0.05, 0.1) is 5.92 Å². The summed E-state index contributed by atoms with van der Waals surface area (Å²) in [5.74, 6) is -1.34. The second-order valence-electron chi connectivity index (χ2n) is 8.83. The third kappa shape index (κ3) is 6.83. The van der Waals surface area contributed by atoms with E-state index in [1.807, 2.05) is 37.3 Å². The first kappa shape index (κ1) is 27.0. The first-order valence-electron chi connectivity index (χ1n) is 12.1. The van der Waals surface area contributed by atoms with Crippen molar-refractivity contribution in [2.45, 2.75) is 37.2 Å². The van der Waals surface area contributed by atoms with Crippen LogP contribution in [0.1, 0.15) is 36.0 Å². The van der Waals surface area contributed by atoms with Crippen molar-refractivity contribution in [1.29, 1.82) is 0 Å². The number of halogens is 2. The third-order valence-corrected chi connectivity index (χ3v) is 7.35. The predicted octanol–water partition coefficient (Wildman–Crippen LogP) is 6.46. The highest BCUT2D eigenvalue weighted by atomic mass is 32.2. The van der Waals surface area contributed by atoms with E-state index in [2.05, 4.69) is 0 Å². The molecule has 4 aromatic carbocycles. The van der Waals surface area contributed by atoms with Gasteiger partial charge in [-0.15, -0.1) is 0 Å². The van der Waals surface area contributed by atoms with E-state index in [9.17, 15) is 22.0 Å². The van der Waals surface area contributed by atoms with Gasteiger partial charge in [-0.2, -0.15) is 8.42 Å². The summed E-state index contributed by atoms with van der Waals surface area (Å²) in [5.41, 5.74) is 2.30. The highest BCUT2D eigenvalue weighted by Crippen LogP contribution is 2.26. The molecule has 196 valence electrons. The Labute approximate surface area is 221 Å². The van der Waals surface area contributed by atoms with Crippen molar-refractivity contribution >= 4 is 16.0 Å². The summed E-state index contributed by atoms with van der Waals surface area (Å²) in [5, 5.41) is 0. The van der Waals surface area contributed by atoms with Crippen LogP contribution < -0.4 is 4.18 Å². The summed E-state index contributed by atoms with van der Waals surface area (Å²) in [6.07, 6.45) is 0.585. The van der Waals surface area contributed by atoms with Gasteiger partial charge >= 0.3 is 10.1 Å². The second-order valence-corrected chi connectivity index (χ2v) is 10.4. The maximum Gasteiger partial charge on any atom is 0.339 e. The molecule has 0 aliphatic rings. The molecule has 0 radical (unpaired) electrons. The Bertz CT molecular complexity index is 1480. The van der Waals surface area contributed by atoms with Gasteiger partial charge in [0, 0.05) is 13.1 Å². The van der Waals surface area contributed by atoms with E-state index in [-0.39, 0.29) is 41.4 Å². The maximum atomic E-state index is 13.8. The van der Waals surface area contributed by atoms with Gasteiger partial charge in [0.15, 0.2) is 0 Å². The SMILES string of the molecule is CCC(C(=O)N(Cc1ccc(F)cc1)Cc1cccc(OS(=O)(=O)c2ccc(F)cc2)c1)c1ccccc1. The molecule has 0 heterocycles. The van der Waals surface area contributed by atoms with Crippen molar-refractivity contribution in [3.05, 3.63) is 131 Å². The number of rotatable bonds is 10.